The van der Waals surface area contributed by atoms with Crippen LogP contribution in [0.5, 0.6) is 0 Å². The third-order valence-electron chi connectivity index (χ3n) is 8.36. The number of carboxylic acids is 1. The summed E-state index contributed by atoms with van der Waals surface area (Å²) in [7, 11) is 0. The molecular formula is C31H31F9N2O4. The molecule has 0 bridgehead atoms. The second-order valence-electron chi connectivity index (χ2n) is 11.5. The number of hydrogen-bond acceptors (Lipinski definition) is 4. The predicted molar refractivity (Wildman–Crippen MR) is 146 cm³/mol. The lowest BCUT2D eigenvalue weighted by Gasteiger charge is -2.29. The van der Waals surface area contributed by atoms with Gasteiger partial charge in [0.2, 0.25) is 0 Å². The van der Waals surface area contributed by atoms with Gasteiger partial charge in [0.05, 0.1) is 22.7 Å². The van der Waals surface area contributed by atoms with Gasteiger partial charge in [-0.3, -0.25) is 9.80 Å². The number of nitrogens with zero attached hydrogens (tertiary/aromatic N) is 2. The molecule has 3 atom stereocenters. The van der Waals surface area contributed by atoms with Crippen molar-refractivity contribution in [2.45, 2.75) is 76.9 Å². The number of carboxylic acid groups (broad SMARTS) is 1. The molecule has 0 unspecified atom stereocenters. The molecule has 0 saturated carbocycles. The molecule has 4 rings (SSSR count). The van der Waals surface area contributed by atoms with Crippen molar-refractivity contribution >= 4 is 12.1 Å². The van der Waals surface area contributed by atoms with Gasteiger partial charge in [-0.1, -0.05) is 19.1 Å². The molecule has 1 amide bonds. The number of ether oxygens (including phenoxy) is 1. The molecule has 2 aromatic carbocycles. The Morgan fingerprint density at radius 3 is 2.04 bits per heavy atom. The first-order valence-electron chi connectivity index (χ1n) is 14.4. The molecule has 2 aromatic rings. The molecule has 6 nitrogen and oxygen atoms in total. The molecule has 0 spiro atoms. The van der Waals surface area contributed by atoms with Crippen LogP contribution in [0.1, 0.15) is 72.6 Å². The Labute approximate surface area is 258 Å². The van der Waals surface area contributed by atoms with Crippen molar-refractivity contribution < 1.29 is 58.9 Å². The van der Waals surface area contributed by atoms with Gasteiger partial charge >= 0.3 is 30.6 Å². The number of aliphatic carboxylic acids is 1. The van der Waals surface area contributed by atoms with Crippen LogP contribution >= 0.6 is 0 Å². The molecule has 0 radical (unpaired) electrons. The Hall–Kier alpha value is -3.75. The quantitative estimate of drug-likeness (QED) is 0.272. The van der Waals surface area contributed by atoms with Crippen LogP contribution in [0.4, 0.5) is 44.3 Å². The number of amides is 1. The lowest BCUT2D eigenvalue weighted by Crippen LogP contribution is -2.33. The summed E-state index contributed by atoms with van der Waals surface area (Å²) in [5.41, 5.74) is -3.91. The van der Waals surface area contributed by atoms with Crippen LogP contribution in [0.15, 0.2) is 48.0 Å². The molecule has 252 valence electrons. The van der Waals surface area contributed by atoms with Crippen LogP contribution in [0.3, 0.4) is 0 Å². The molecule has 1 N–H and O–H groups in total. The highest BCUT2D eigenvalue weighted by Crippen LogP contribution is 2.41. The summed E-state index contributed by atoms with van der Waals surface area (Å²) >= 11 is 0. The zero-order valence-corrected chi connectivity index (χ0v) is 24.7. The van der Waals surface area contributed by atoms with Gasteiger partial charge < -0.3 is 9.84 Å². The maximum absolute atomic E-state index is 13.7. The van der Waals surface area contributed by atoms with Crippen LogP contribution in [0.25, 0.3) is 0 Å². The number of allylic oxidation sites excluding steroid dienone is 1. The summed E-state index contributed by atoms with van der Waals surface area (Å²) in [4.78, 5) is 27.1. The fourth-order valence-electron chi connectivity index (χ4n) is 5.75. The lowest BCUT2D eigenvalue weighted by molar-refractivity contribution is -0.143. The van der Waals surface area contributed by atoms with Crippen LogP contribution in [-0.4, -0.2) is 46.1 Å². The summed E-state index contributed by atoms with van der Waals surface area (Å²) < 4.78 is 127. The second-order valence-corrected chi connectivity index (χ2v) is 11.5. The topological polar surface area (TPSA) is 70.1 Å². The van der Waals surface area contributed by atoms with Crippen LogP contribution in [-0.2, 0) is 41.1 Å². The molecule has 2 aliphatic rings. The van der Waals surface area contributed by atoms with Gasteiger partial charge in [0.15, 0.2) is 0 Å². The van der Waals surface area contributed by atoms with Crippen LogP contribution < -0.4 is 0 Å². The fraction of sp³-hybridized carbons (Fsp3) is 0.484. The van der Waals surface area contributed by atoms with Crippen molar-refractivity contribution in [3.05, 3.63) is 81.4 Å². The minimum absolute atomic E-state index is 0.0498. The Kier molecular flexibility index (Phi) is 10.0. The number of carbonyl (C=O) groups excluding carboxylic acids is 1. The van der Waals surface area contributed by atoms with Gasteiger partial charge in [0, 0.05) is 25.2 Å². The number of rotatable bonds is 9. The van der Waals surface area contributed by atoms with E-state index < -0.39 is 71.5 Å². The van der Waals surface area contributed by atoms with E-state index >= 15 is 0 Å². The van der Waals surface area contributed by atoms with E-state index in [-0.39, 0.29) is 24.1 Å². The van der Waals surface area contributed by atoms with Gasteiger partial charge in [-0.2, -0.15) is 39.5 Å². The van der Waals surface area contributed by atoms with Crippen molar-refractivity contribution in [1.82, 2.24) is 9.80 Å². The molecule has 1 aliphatic heterocycles. The molecule has 1 aliphatic carbocycles. The van der Waals surface area contributed by atoms with Gasteiger partial charge in [0.1, 0.15) is 6.10 Å². The zero-order valence-electron chi connectivity index (χ0n) is 24.7. The van der Waals surface area contributed by atoms with Gasteiger partial charge in [0.25, 0.3) is 0 Å². The second kappa shape index (κ2) is 13.2. The average molecular weight is 667 g/mol. The highest BCUT2D eigenvalue weighted by atomic mass is 19.4. The summed E-state index contributed by atoms with van der Waals surface area (Å²) in [5.74, 6) is -0.879. The molecule has 46 heavy (non-hydrogen) atoms. The molecule has 1 saturated heterocycles. The van der Waals surface area contributed by atoms with E-state index in [0.29, 0.717) is 55.6 Å². The first-order valence-corrected chi connectivity index (χ1v) is 14.4. The van der Waals surface area contributed by atoms with E-state index in [2.05, 4.69) is 0 Å². The van der Waals surface area contributed by atoms with E-state index in [0.717, 1.165) is 17.0 Å². The van der Waals surface area contributed by atoms with Crippen molar-refractivity contribution in [3.8, 4) is 0 Å². The Bertz CT molecular complexity index is 1450. The minimum Gasteiger partial charge on any atom is -0.478 e. The van der Waals surface area contributed by atoms with Gasteiger partial charge in [-0.25, -0.2) is 9.59 Å². The fourth-order valence-corrected chi connectivity index (χ4v) is 5.75. The normalized spacial score (nSPS) is 21.0. The number of alkyl halides is 9. The van der Waals surface area contributed by atoms with Crippen LogP contribution in [0, 0.1) is 5.92 Å². The predicted octanol–water partition coefficient (Wildman–Crippen LogP) is 8.46. The van der Waals surface area contributed by atoms with E-state index in [1.54, 1.807) is 6.08 Å². The molecular weight excluding hydrogens is 635 g/mol. The maximum Gasteiger partial charge on any atom is 0.416 e. The Morgan fingerprint density at radius 1 is 0.935 bits per heavy atom. The number of hydrogen-bond donors (Lipinski definition) is 1. The van der Waals surface area contributed by atoms with Crippen LogP contribution in [0.2, 0.25) is 0 Å². The van der Waals surface area contributed by atoms with Crippen molar-refractivity contribution in [2.24, 2.45) is 5.92 Å². The molecule has 0 aromatic heterocycles. The van der Waals surface area contributed by atoms with Gasteiger partial charge in [-0.15, -0.1) is 0 Å². The summed E-state index contributed by atoms with van der Waals surface area (Å²) in [5, 5.41) is 9.20. The SMILES string of the molecule is CCN(Cc1ccc(C(F)(F)F)cc1CN1C(=O)O[C@H](c2cc(C(F)(F)F)cc(C(F)(F)F)c2)[C@@H]1C)C[C@H]1CC=C(C(=O)O)CC1. The molecule has 1 heterocycles. The standard InChI is InChI=1S/C31H31F9N2O4/c1-3-41(14-18-4-6-19(7-5-18)27(43)44)15-20-8-9-23(29(32,33)34)12-22(20)16-42-17(2)26(46-28(42)45)21-10-24(30(35,36)37)13-25(11-21)31(38,39)40/h6,8-13,17-18,26H,3-5,7,14-16H2,1-2H3,(H,43,44)/t17-,18-,26-/m0/s1. The molecule has 1 fully saturated rings. The van der Waals surface area contributed by atoms with E-state index in [1.165, 1.54) is 13.0 Å². The Morgan fingerprint density at radius 2 is 1.54 bits per heavy atom. The molecule has 15 heteroatoms. The number of halogens is 9. The first-order chi connectivity index (χ1) is 21.3. The Balaban J connectivity index is 1.61. The van der Waals surface area contributed by atoms with Crippen molar-refractivity contribution in [3.63, 3.8) is 0 Å². The zero-order chi connectivity index (χ0) is 34.2. The highest BCUT2D eigenvalue weighted by molar-refractivity contribution is 5.86. The minimum atomic E-state index is -5.13. The largest absolute Gasteiger partial charge is 0.478 e. The van der Waals surface area contributed by atoms with E-state index in [9.17, 15) is 54.2 Å². The lowest BCUT2D eigenvalue weighted by atomic mass is 9.89. The number of carbonyl (C=O) groups is 2. The van der Waals surface area contributed by atoms with E-state index in [4.69, 9.17) is 4.74 Å². The monoisotopic (exact) mass is 666 g/mol. The third kappa shape index (κ3) is 8.15. The van der Waals surface area contributed by atoms with Gasteiger partial charge in [-0.05, 0) is 85.7 Å². The average Bonchev–Trinajstić information content (AvgIpc) is 3.24. The third-order valence-corrected chi connectivity index (χ3v) is 8.36. The number of benzene rings is 2. The highest BCUT2D eigenvalue weighted by Gasteiger charge is 2.43. The summed E-state index contributed by atoms with van der Waals surface area (Å²) in [6.07, 6.45) is -14.5. The number of cyclic esters (lactones) is 1. The van der Waals surface area contributed by atoms with Crippen molar-refractivity contribution in [2.75, 3.05) is 13.1 Å². The first kappa shape index (κ1) is 35.1. The van der Waals surface area contributed by atoms with E-state index in [1.807, 2.05) is 11.8 Å². The van der Waals surface area contributed by atoms with Crippen molar-refractivity contribution in [1.29, 1.82) is 0 Å². The summed E-state index contributed by atoms with van der Waals surface area (Å²) in [6.45, 7) is 3.90. The summed E-state index contributed by atoms with van der Waals surface area (Å²) in [6, 6.07) is 2.76. The smallest absolute Gasteiger partial charge is 0.416 e. The maximum atomic E-state index is 13.7.